The molecule has 5 rings (SSSR count). The fourth-order valence-electron chi connectivity index (χ4n) is 4.10. The standard InChI is InChI=1S/C26H21N3O2/c30-25-14-13-18-7-1-2-8-19(18)22(25)17-27-28-26(31)15-16-29-23-11-5-3-9-20(23)21-10-4-6-12-24(21)29/h1-14,17,30H,15-16H2,(H,28,31). The lowest BCUT2D eigenvalue weighted by molar-refractivity contribution is -0.121. The Labute approximate surface area is 179 Å². The van der Waals surface area contributed by atoms with Gasteiger partial charge in [0, 0.05) is 40.3 Å². The quantitative estimate of drug-likeness (QED) is 0.311. The van der Waals surface area contributed by atoms with Crippen LogP contribution >= 0.6 is 0 Å². The first-order valence-corrected chi connectivity index (χ1v) is 10.2. The summed E-state index contributed by atoms with van der Waals surface area (Å²) >= 11 is 0. The van der Waals surface area contributed by atoms with Gasteiger partial charge in [-0.25, -0.2) is 5.43 Å². The minimum absolute atomic E-state index is 0.127. The number of amides is 1. The van der Waals surface area contributed by atoms with Crippen molar-refractivity contribution in [2.75, 3.05) is 0 Å². The molecule has 1 heterocycles. The zero-order chi connectivity index (χ0) is 21.2. The normalized spacial score (nSPS) is 11.6. The van der Waals surface area contributed by atoms with Crippen LogP contribution in [0.4, 0.5) is 0 Å². The van der Waals surface area contributed by atoms with Crippen molar-refractivity contribution in [3.63, 3.8) is 0 Å². The Hall–Kier alpha value is -4.12. The number of hydrazone groups is 1. The van der Waals surface area contributed by atoms with Crippen LogP contribution in [0.25, 0.3) is 32.6 Å². The summed E-state index contributed by atoms with van der Waals surface area (Å²) in [6.45, 7) is 0.550. The summed E-state index contributed by atoms with van der Waals surface area (Å²) in [7, 11) is 0. The highest BCUT2D eigenvalue weighted by Crippen LogP contribution is 2.29. The van der Waals surface area contributed by atoms with Crippen LogP contribution in [0, 0.1) is 0 Å². The molecule has 0 fully saturated rings. The Kier molecular flexibility index (Phi) is 4.84. The smallest absolute Gasteiger partial charge is 0.241 e. The van der Waals surface area contributed by atoms with E-state index in [0.717, 1.165) is 21.8 Å². The highest BCUT2D eigenvalue weighted by molar-refractivity contribution is 6.08. The molecule has 0 bridgehead atoms. The monoisotopic (exact) mass is 407 g/mol. The van der Waals surface area contributed by atoms with Crippen LogP contribution in [0.3, 0.4) is 0 Å². The minimum atomic E-state index is -0.183. The SMILES string of the molecule is O=C(CCn1c2ccccc2c2ccccc21)NN=Cc1c(O)ccc2ccccc12. The molecule has 0 aliphatic heterocycles. The van der Waals surface area contributed by atoms with Crippen molar-refractivity contribution in [1.29, 1.82) is 0 Å². The number of benzene rings is 4. The summed E-state index contributed by atoms with van der Waals surface area (Å²) in [6, 6.07) is 27.7. The van der Waals surface area contributed by atoms with Crippen molar-refractivity contribution in [1.82, 2.24) is 9.99 Å². The van der Waals surface area contributed by atoms with E-state index in [2.05, 4.69) is 39.4 Å². The van der Waals surface area contributed by atoms with E-state index < -0.39 is 0 Å². The molecular formula is C26H21N3O2. The number of nitrogens with one attached hydrogen (secondary N) is 1. The summed E-state index contributed by atoms with van der Waals surface area (Å²) in [5.74, 6) is -0.0557. The summed E-state index contributed by atoms with van der Waals surface area (Å²) in [4.78, 5) is 12.4. The van der Waals surface area contributed by atoms with E-state index in [9.17, 15) is 9.90 Å². The third kappa shape index (κ3) is 3.51. The summed E-state index contributed by atoms with van der Waals surface area (Å²) in [5, 5.41) is 18.5. The molecule has 31 heavy (non-hydrogen) atoms. The molecule has 0 spiro atoms. The predicted octanol–water partition coefficient (Wildman–Crippen LogP) is 5.19. The molecule has 0 aliphatic carbocycles. The number of phenolic OH excluding ortho intramolecular Hbond substituents is 1. The molecule has 0 aliphatic rings. The van der Waals surface area contributed by atoms with Gasteiger partial charge in [0.15, 0.2) is 0 Å². The van der Waals surface area contributed by atoms with Crippen molar-refractivity contribution < 1.29 is 9.90 Å². The molecular weight excluding hydrogens is 386 g/mol. The van der Waals surface area contributed by atoms with Crippen molar-refractivity contribution in [2.24, 2.45) is 5.10 Å². The number of phenols is 1. The Morgan fingerprint density at radius 2 is 1.45 bits per heavy atom. The zero-order valence-electron chi connectivity index (χ0n) is 16.8. The fourth-order valence-corrected chi connectivity index (χ4v) is 4.10. The van der Waals surface area contributed by atoms with Crippen molar-refractivity contribution in [3.05, 3.63) is 90.5 Å². The lowest BCUT2D eigenvalue weighted by Crippen LogP contribution is -2.19. The first kappa shape index (κ1) is 18.9. The lowest BCUT2D eigenvalue weighted by Gasteiger charge is -2.07. The van der Waals surface area contributed by atoms with Gasteiger partial charge in [0.25, 0.3) is 0 Å². The van der Waals surface area contributed by atoms with Gasteiger partial charge in [-0.1, -0.05) is 66.7 Å². The number of aryl methyl sites for hydroxylation is 1. The third-order valence-corrected chi connectivity index (χ3v) is 5.57. The molecule has 1 amide bonds. The van der Waals surface area contributed by atoms with Gasteiger partial charge < -0.3 is 9.67 Å². The van der Waals surface area contributed by atoms with Crippen LogP contribution in [0.2, 0.25) is 0 Å². The van der Waals surface area contributed by atoms with Gasteiger partial charge in [-0.15, -0.1) is 0 Å². The topological polar surface area (TPSA) is 66.6 Å². The van der Waals surface area contributed by atoms with Gasteiger partial charge in [0.2, 0.25) is 5.91 Å². The van der Waals surface area contributed by atoms with Gasteiger partial charge in [0.05, 0.1) is 6.21 Å². The van der Waals surface area contributed by atoms with Gasteiger partial charge >= 0.3 is 0 Å². The first-order chi connectivity index (χ1) is 15.2. The Balaban J connectivity index is 1.33. The highest BCUT2D eigenvalue weighted by Gasteiger charge is 2.11. The van der Waals surface area contributed by atoms with E-state index in [4.69, 9.17) is 0 Å². The van der Waals surface area contributed by atoms with Crippen LogP contribution < -0.4 is 5.43 Å². The number of rotatable bonds is 5. The zero-order valence-corrected chi connectivity index (χ0v) is 16.8. The molecule has 0 saturated carbocycles. The molecule has 1 aromatic heterocycles. The number of nitrogens with zero attached hydrogens (tertiary/aromatic N) is 2. The molecule has 0 radical (unpaired) electrons. The first-order valence-electron chi connectivity index (χ1n) is 10.2. The van der Waals surface area contributed by atoms with Crippen LogP contribution in [0.15, 0.2) is 90.0 Å². The average Bonchev–Trinajstić information content (AvgIpc) is 3.13. The molecule has 5 nitrogen and oxygen atoms in total. The van der Waals surface area contributed by atoms with E-state index in [0.29, 0.717) is 18.5 Å². The second-order valence-corrected chi connectivity index (χ2v) is 7.45. The number of carbonyl (C=O) groups is 1. The van der Waals surface area contributed by atoms with Crippen molar-refractivity contribution >= 4 is 44.7 Å². The van der Waals surface area contributed by atoms with Crippen LogP contribution in [0.1, 0.15) is 12.0 Å². The maximum atomic E-state index is 12.4. The Morgan fingerprint density at radius 1 is 0.839 bits per heavy atom. The number of carbonyl (C=O) groups excluding carboxylic acids is 1. The summed E-state index contributed by atoms with van der Waals surface area (Å²) < 4.78 is 2.17. The van der Waals surface area contributed by atoms with Crippen molar-refractivity contribution in [3.8, 4) is 5.75 Å². The number of para-hydroxylation sites is 2. The molecule has 152 valence electrons. The van der Waals surface area contributed by atoms with Gasteiger partial charge in [-0.2, -0.15) is 5.10 Å². The highest BCUT2D eigenvalue weighted by atomic mass is 16.3. The molecule has 0 unspecified atom stereocenters. The summed E-state index contributed by atoms with van der Waals surface area (Å²) in [6.07, 6.45) is 1.79. The predicted molar refractivity (Wildman–Crippen MR) is 125 cm³/mol. The molecule has 0 saturated heterocycles. The number of hydrogen-bond donors (Lipinski definition) is 2. The van der Waals surface area contributed by atoms with Gasteiger partial charge in [0.1, 0.15) is 5.75 Å². The average molecular weight is 407 g/mol. The largest absolute Gasteiger partial charge is 0.507 e. The van der Waals surface area contributed by atoms with Gasteiger partial charge in [-0.05, 0) is 29.0 Å². The van der Waals surface area contributed by atoms with Crippen LogP contribution in [-0.2, 0) is 11.3 Å². The maximum absolute atomic E-state index is 12.4. The second-order valence-electron chi connectivity index (χ2n) is 7.45. The minimum Gasteiger partial charge on any atom is -0.507 e. The van der Waals surface area contributed by atoms with Gasteiger partial charge in [-0.3, -0.25) is 4.79 Å². The lowest BCUT2D eigenvalue weighted by atomic mass is 10.0. The molecule has 0 atom stereocenters. The molecule has 5 heteroatoms. The molecule has 5 aromatic rings. The van der Waals surface area contributed by atoms with E-state index in [-0.39, 0.29) is 11.7 Å². The molecule has 2 N–H and O–H groups in total. The third-order valence-electron chi connectivity index (χ3n) is 5.57. The van der Waals surface area contributed by atoms with E-state index >= 15 is 0 Å². The maximum Gasteiger partial charge on any atom is 0.241 e. The number of hydrogen-bond acceptors (Lipinski definition) is 3. The number of aromatic hydroxyl groups is 1. The van der Waals surface area contributed by atoms with Crippen molar-refractivity contribution in [2.45, 2.75) is 13.0 Å². The number of aromatic nitrogens is 1. The Bertz CT molecular complexity index is 1400. The van der Waals surface area contributed by atoms with E-state index in [1.165, 1.54) is 17.0 Å². The second kappa shape index (κ2) is 7.95. The fraction of sp³-hybridized carbons (Fsp3) is 0.0769. The van der Waals surface area contributed by atoms with E-state index in [1.54, 1.807) is 6.07 Å². The van der Waals surface area contributed by atoms with Crippen LogP contribution in [-0.4, -0.2) is 21.8 Å². The number of fused-ring (bicyclic) bond motifs is 4. The molecule has 4 aromatic carbocycles. The Morgan fingerprint density at radius 3 is 2.16 bits per heavy atom. The summed E-state index contributed by atoms with van der Waals surface area (Å²) in [5.41, 5.74) is 5.40. The van der Waals surface area contributed by atoms with Crippen LogP contribution in [0.5, 0.6) is 5.75 Å². The van der Waals surface area contributed by atoms with E-state index in [1.807, 2.05) is 54.6 Å².